The van der Waals surface area contributed by atoms with Crippen LogP contribution in [0.5, 0.6) is 0 Å². The van der Waals surface area contributed by atoms with E-state index in [1.54, 1.807) is 0 Å². The van der Waals surface area contributed by atoms with Gasteiger partial charge in [0.15, 0.2) is 0 Å². The molecule has 0 saturated heterocycles. The molecule has 0 radical (unpaired) electrons. The number of hydrogen-bond donors (Lipinski definition) is 2. The Morgan fingerprint density at radius 3 is 2.40 bits per heavy atom. The van der Waals surface area contributed by atoms with Crippen LogP contribution in [0.15, 0.2) is 30.3 Å². The highest BCUT2D eigenvalue weighted by atomic mass is 16.4. The summed E-state index contributed by atoms with van der Waals surface area (Å²) < 4.78 is 0. The summed E-state index contributed by atoms with van der Waals surface area (Å²) in [5.74, 6) is -0.387. The molecule has 112 valence electrons. The average molecular weight is 277 g/mol. The second kappa shape index (κ2) is 8.75. The van der Waals surface area contributed by atoms with Crippen molar-refractivity contribution in [2.45, 2.75) is 58.5 Å². The molecule has 2 unspecified atom stereocenters. The van der Waals surface area contributed by atoms with E-state index in [4.69, 9.17) is 0 Å². The Hall–Kier alpha value is -1.35. The first-order valence-corrected chi connectivity index (χ1v) is 7.58. The molecule has 0 fully saturated rings. The Kier molecular flexibility index (Phi) is 7.31. The number of hydrogen-bond acceptors (Lipinski definition) is 2. The summed E-state index contributed by atoms with van der Waals surface area (Å²) in [5, 5.41) is 12.7. The predicted molar refractivity (Wildman–Crippen MR) is 82.7 cm³/mol. The lowest BCUT2D eigenvalue weighted by atomic mass is 9.97. The Bertz CT molecular complexity index is 389. The molecular formula is C17H27NO2. The number of benzene rings is 1. The molecule has 1 aromatic rings. The van der Waals surface area contributed by atoms with E-state index in [-0.39, 0.29) is 6.04 Å². The van der Waals surface area contributed by atoms with Crippen molar-refractivity contribution in [3.63, 3.8) is 0 Å². The molecule has 0 spiro atoms. The van der Waals surface area contributed by atoms with Gasteiger partial charge in [-0.25, -0.2) is 0 Å². The van der Waals surface area contributed by atoms with E-state index in [1.165, 1.54) is 5.56 Å². The van der Waals surface area contributed by atoms with E-state index in [0.717, 1.165) is 19.3 Å². The van der Waals surface area contributed by atoms with E-state index in [1.807, 2.05) is 18.2 Å². The average Bonchev–Trinajstić information content (AvgIpc) is 2.42. The minimum Gasteiger partial charge on any atom is -0.480 e. The van der Waals surface area contributed by atoms with Gasteiger partial charge in [-0.2, -0.15) is 0 Å². The van der Waals surface area contributed by atoms with E-state index in [0.29, 0.717) is 12.3 Å². The van der Waals surface area contributed by atoms with Crippen molar-refractivity contribution in [1.29, 1.82) is 0 Å². The molecule has 2 N–H and O–H groups in total. The van der Waals surface area contributed by atoms with E-state index >= 15 is 0 Å². The number of nitrogens with one attached hydrogen (secondary N) is 1. The minimum atomic E-state index is -0.754. The Morgan fingerprint density at radius 2 is 1.90 bits per heavy atom. The Labute approximate surface area is 122 Å². The molecule has 0 aliphatic heterocycles. The smallest absolute Gasteiger partial charge is 0.320 e. The molecule has 1 rings (SSSR count). The number of carboxylic acid groups (broad SMARTS) is 1. The molecular weight excluding hydrogens is 250 g/mol. The summed E-state index contributed by atoms with van der Waals surface area (Å²) in [6, 6.07) is 9.79. The third-order valence-corrected chi connectivity index (χ3v) is 3.46. The topological polar surface area (TPSA) is 49.3 Å². The van der Waals surface area contributed by atoms with Crippen molar-refractivity contribution in [3.05, 3.63) is 35.9 Å². The molecule has 0 heterocycles. The van der Waals surface area contributed by atoms with Crippen LogP contribution in [0.25, 0.3) is 0 Å². The van der Waals surface area contributed by atoms with Crippen LogP contribution in [0, 0.1) is 5.92 Å². The summed E-state index contributed by atoms with van der Waals surface area (Å²) >= 11 is 0. The molecule has 0 saturated carbocycles. The number of rotatable bonds is 9. The van der Waals surface area contributed by atoms with Crippen molar-refractivity contribution in [2.24, 2.45) is 5.92 Å². The Balaban J connectivity index is 2.79. The molecule has 0 aliphatic rings. The first-order chi connectivity index (χ1) is 9.54. The third kappa shape index (κ3) is 5.74. The molecule has 0 amide bonds. The van der Waals surface area contributed by atoms with Gasteiger partial charge in [0.25, 0.3) is 0 Å². The second-order valence-electron chi connectivity index (χ2n) is 5.79. The molecule has 1 aromatic carbocycles. The molecule has 2 atom stereocenters. The van der Waals surface area contributed by atoms with Crippen molar-refractivity contribution < 1.29 is 9.90 Å². The van der Waals surface area contributed by atoms with Gasteiger partial charge in [-0.1, -0.05) is 63.9 Å². The maximum Gasteiger partial charge on any atom is 0.320 e. The van der Waals surface area contributed by atoms with E-state index in [9.17, 15) is 9.90 Å². The van der Waals surface area contributed by atoms with Crippen LogP contribution >= 0.6 is 0 Å². The summed E-state index contributed by atoms with van der Waals surface area (Å²) in [6.07, 6.45) is 3.85. The lowest BCUT2D eigenvalue weighted by Gasteiger charge is -2.25. The summed E-state index contributed by atoms with van der Waals surface area (Å²) in [7, 11) is 0. The second-order valence-corrected chi connectivity index (χ2v) is 5.79. The highest BCUT2D eigenvalue weighted by Crippen LogP contribution is 2.21. The summed E-state index contributed by atoms with van der Waals surface area (Å²) in [4.78, 5) is 11.4. The van der Waals surface area contributed by atoms with Crippen molar-refractivity contribution in [1.82, 2.24) is 5.32 Å². The fraction of sp³-hybridized carbons (Fsp3) is 0.588. The molecule has 20 heavy (non-hydrogen) atoms. The van der Waals surface area contributed by atoms with E-state index < -0.39 is 12.0 Å². The molecule has 0 aromatic heterocycles. The van der Waals surface area contributed by atoms with Crippen LogP contribution < -0.4 is 5.32 Å². The SMILES string of the molecule is CCCCC(NC(CC(C)C)C(=O)O)c1ccccc1. The first kappa shape index (κ1) is 16.7. The standard InChI is InChI=1S/C17H27NO2/c1-4-5-11-15(14-9-7-6-8-10-14)18-16(17(19)20)12-13(2)3/h6-10,13,15-16,18H,4-5,11-12H2,1-3H3,(H,19,20). The highest BCUT2D eigenvalue weighted by molar-refractivity contribution is 5.73. The van der Waals surface area contributed by atoms with Crippen molar-refractivity contribution in [3.8, 4) is 0 Å². The van der Waals surface area contributed by atoms with Crippen LogP contribution in [0.3, 0.4) is 0 Å². The van der Waals surface area contributed by atoms with E-state index in [2.05, 4.69) is 38.2 Å². The van der Waals surface area contributed by atoms with Gasteiger partial charge in [-0.3, -0.25) is 10.1 Å². The number of aliphatic carboxylic acids is 1. The minimum absolute atomic E-state index is 0.121. The van der Waals surface area contributed by atoms with Gasteiger partial charge in [0, 0.05) is 6.04 Å². The van der Waals surface area contributed by atoms with Crippen LogP contribution in [-0.2, 0) is 4.79 Å². The maximum absolute atomic E-state index is 11.4. The van der Waals surface area contributed by atoms with Crippen LogP contribution in [0.1, 0.15) is 58.1 Å². The largest absolute Gasteiger partial charge is 0.480 e. The lowest BCUT2D eigenvalue weighted by Crippen LogP contribution is -2.40. The third-order valence-electron chi connectivity index (χ3n) is 3.46. The highest BCUT2D eigenvalue weighted by Gasteiger charge is 2.23. The Morgan fingerprint density at radius 1 is 1.25 bits per heavy atom. The maximum atomic E-state index is 11.4. The fourth-order valence-corrected chi connectivity index (χ4v) is 2.39. The summed E-state index contributed by atoms with van der Waals surface area (Å²) in [6.45, 7) is 6.27. The van der Waals surface area contributed by atoms with Gasteiger partial charge in [-0.05, 0) is 24.3 Å². The zero-order valence-electron chi connectivity index (χ0n) is 12.8. The monoisotopic (exact) mass is 277 g/mol. The van der Waals surface area contributed by atoms with Crippen LogP contribution in [-0.4, -0.2) is 17.1 Å². The number of carboxylic acids is 1. The number of carbonyl (C=O) groups is 1. The van der Waals surface area contributed by atoms with Gasteiger partial charge < -0.3 is 5.11 Å². The first-order valence-electron chi connectivity index (χ1n) is 7.58. The zero-order valence-corrected chi connectivity index (χ0v) is 12.8. The molecule has 3 heteroatoms. The van der Waals surface area contributed by atoms with Crippen molar-refractivity contribution in [2.75, 3.05) is 0 Å². The van der Waals surface area contributed by atoms with Gasteiger partial charge in [0.2, 0.25) is 0 Å². The lowest BCUT2D eigenvalue weighted by molar-refractivity contribution is -0.140. The molecule has 0 bridgehead atoms. The van der Waals surface area contributed by atoms with Gasteiger partial charge in [0.1, 0.15) is 6.04 Å². The molecule has 0 aliphatic carbocycles. The predicted octanol–water partition coefficient (Wildman–Crippen LogP) is 4.01. The normalized spacial score (nSPS) is 14.2. The van der Waals surface area contributed by atoms with Crippen LogP contribution in [0.4, 0.5) is 0 Å². The van der Waals surface area contributed by atoms with Crippen molar-refractivity contribution >= 4 is 5.97 Å². The van der Waals surface area contributed by atoms with Crippen LogP contribution in [0.2, 0.25) is 0 Å². The van der Waals surface area contributed by atoms with Gasteiger partial charge >= 0.3 is 5.97 Å². The number of unbranched alkanes of at least 4 members (excludes halogenated alkanes) is 1. The molecule has 3 nitrogen and oxygen atoms in total. The van der Waals surface area contributed by atoms with Gasteiger partial charge in [0.05, 0.1) is 0 Å². The zero-order chi connectivity index (χ0) is 15.0. The summed E-state index contributed by atoms with van der Waals surface area (Å²) in [5.41, 5.74) is 1.18. The van der Waals surface area contributed by atoms with Gasteiger partial charge in [-0.15, -0.1) is 0 Å². The fourth-order valence-electron chi connectivity index (χ4n) is 2.39. The quantitative estimate of drug-likeness (QED) is 0.717.